The molecule has 17 heavy (non-hydrogen) atoms. The third-order valence-corrected chi connectivity index (χ3v) is 4.53. The van der Waals surface area contributed by atoms with Gasteiger partial charge in [0.1, 0.15) is 0 Å². The maximum Gasteiger partial charge on any atom is 0.304 e. The molecule has 0 aromatic carbocycles. The highest BCUT2D eigenvalue weighted by Gasteiger charge is 2.27. The minimum absolute atomic E-state index is 0.132. The van der Waals surface area contributed by atoms with Crippen molar-refractivity contribution in [3.8, 4) is 0 Å². The lowest BCUT2D eigenvalue weighted by molar-refractivity contribution is -0.136. The fourth-order valence-corrected chi connectivity index (χ4v) is 3.49. The van der Waals surface area contributed by atoms with Gasteiger partial charge in [0.25, 0.3) is 0 Å². The largest absolute Gasteiger partial charge is 0.481 e. The molecule has 4 N–H and O–H groups in total. The van der Waals surface area contributed by atoms with Gasteiger partial charge in [0, 0.05) is 6.04 Å². The minimum atomic E-state index is -3.51. The van der Waals surface area contributed by atoms with Gasteiger partial charge in [-0.2, -0.15) is 0 Å². The van der Waals surface area contributed by atoms with E-state index in [4.69, 9.17) is 10.8 Å². The molecule has 1 aliphatic rings. The van der Waals surface area contributed by atoms with Crippen LogP contribution in [-0.4, -0.2) is 37.8 Å². The summed E-state index contributed by atoms with van der Waals surface area (Å²) in [5, 5.41) is 8.47. The quantitative estimate of drug-likeness (QED) is 0.620. The normalized spacial score (nSPS) is 25.7. The zero-order chi connectivity index (χ0) is 12.9. The Morgan fingerprint density at radius 1 is 1.35 bits per heavy atom. The van der Waals surface area contributed by atoms with E-state index in [1.54, 1.807) is 0 Å². The summed E-state index contributed by atoms with van der Waals surface area (Å²) in [6.07, 6.45) is 3.42. The average molecular weight is 264 g/mol. The van der Waals surface area contributed by atoms with Gasteiger partial charge in [-0.05, 0) is 25.3 Å². The van der Waals surface area contributed by atoms with Crippen LogP contribution >= 0.6 is 0 Å². The molecular weight excluding hydrogens is 244 g/mol. The Balaban J connectivity index is 2.52. The second-order valence-corrected chi connectivity index (χ2v) is 6.34. The first-order valence-corrected chi connectivity index (χ1v) is 7.51. The van der Waals surface area contributed by atoms with Gasteiger partial charge in [0.2, 0.25) is 10.0 Å². The Kier molecular flexibility index (Phi) is 5.35. The predicted molar refractivity (Wildman–Crippen MR) is 64.0 cm³/mol. The Morgan fingerprint density at radius 2 is 2.00 bits per heavy atom. The van der Waals surface area contributed by atoms with E-state index in [2.05, 4.69) is 4.72 Å². The number of sulfonamides is 1. The Hall–Kier alpha value is -0.660. The smallest absolute Gasteiger partial charge is 0.304 e. The van der Waals surface area contributed by atoms with Crippen molar-refractivity contribution in [1.29, 1.82) is 0 Å². The topological polar surface area (TPSA) is 109 Å². The van der Waals surface area contributed by atoms with Gasteiger partial charge in [-0.15, -0.1) is 0 Å². The molecule has 0 spiro atoms. The molecule has 0 amide bonds. The first-order chi connectivity index (χ1) is 7.94. The molecule has 0 aromatic rings. The van der Waals surface area contributed by atoms with Crippen molar-refractivity contribution >= 4 is 16.0 Å². The molecule has 2 unspecified atom stereocenters. The Labute approximate surface area is 102 Å². The molecule has 0 heterocycles. The molecule has 1 rings (SSSR count). The number of hydrogen-bond acceptors (Lipinski definition) is 4. The highest BCUT2D eigenvalue weighted by atomic mass is 32.2. The van der Waals surface area contributed by atoms with Crippen LogP contribution in [0.25, 0.3) is 0 Å². The van der Waals surface area contributed by atoms with Crippen molar-refractivity contribution in [3.63, 3.8) is 0 Å². The van der Waals surface area contributed by atoms with Crippen molar-refractivity contribution in [2.45, 2.75) is 38.1 Å². The average Bonchev–Trinajstić information content (AvgIpc) is 2.27. The van der Waals surface area contributed by atoms with Gasteiger partial charge >= 0.3 is 5.97 Å². The molecule has 0 aliphatic heterocycles. The van der Waals surface area contributed by atoms with Crippen molar-refractivity contribution in [1.82, 2.24) is 4.72 Å². The number of carboxylic acid groups (broad SMARTS) is 1. The number of carbonyl (C=O) groups is 1. The summed E-state index contributed by atoms with van der Waals surface area (Å²) < 4.78 is 25.9. The highest BCUT2D eigenvalue weighted by molar-refractivity contribution is 7.89. The van der Waals surface area contributed by atoms with E-state index in [0.717, 1.165) is 25.7 Å². The second-order valence-electron chi connectivity index (χ2n) is 4.47. The third-order valence-electron chi connectivity index (χ3n) is 3.13. The maximum atomic E-state index is 11.6. The maximum absolute atomic E-state index is 11.6. The molecule has 0 aromatic heterocycles. The number of nitrogens with two attached hydrogens (primary N) is 1. The van der Waals surface area contributed by atoms with Crippen LogP contribution in [-0.2, 0) is 14.8 Å². The lowest BCUT2D eigenvalue weighted by atomic mass is 9.85. The van der Waals surface area contributed by atoms with Crippen LogP contribution in [0.15, 0.2) is 0 Å². The van der Waals surface area contributed by atoms with Crippen LogP contribution in [0.5, 0.6) is 0 Å². The number of nitrogens with one attached hydrogen (secondary N) is 1. The summed E-state index contributed by atoms with van der Waals surface area (Å²) in [5.74, 6) is -1.30. The van der Waals surface area contributed by atoms with Crippen LogP contribution < -0.4 is 10.5 Å². The number of hydrogen-bond donors (Lipinski definition) is 3. The molecule has 6 nitrogen and oxygen atoms in total. The zero-order valence-electron chi connectivity index (χ0n) is 9.76. The molecule has 100 valence electrons. The summed E-state index contributed by atoms with van der Waals surface area (Å²) in [6, 6.07) is -0.132. The Morgan fingerprint density at radius 3 is 2.59 bits per heavy atom. The van der Waals surface area contributed by atoms with E-state index in [1.807, 2.05) is 0 Å². The van der Waals surface area contributed by atoms with Crippen LogP contribution in [0.4, 0.5) is 0 Å². The monoisotopic (exact) mass is 264 g/mol. The van der Waals surface area contributed by atoms with E-state index < -0.39 is 16.0 Å². The van der Waals surface area contributed by atoms with E-state index in [0.29, 0.717) is 6.54 Å². The lowest BCUT2D eigenvalue weighted by Crippen LogP contribution is -2.45. The fraction of sp³-hybridized carbons (Fsp3) is 0.900. The summed E-state index contributed by atoms with van der Waals surface area (Å²) in [6.45, 7) is 0.464. The molecule has 0 radical (unpaired) electrons. The standard InChI is InChI=1S/C10H20N2O4S/c11-7-8-3-1-2-4-9(8)12-17(15,16)6-5-10(13)14/h8-9,12H,1-7,11H2,(H,13,14). The molecule has 1 fully saturated rings. The van der Waals surface area contributed by atoms with Crippen LogP contribution in [0.1, 0.15) is 32.1 Å². The van der Waals surface area contributed by atoms with E-state index >= 15 is 0 Å². The highest BCUT2D eigenvalue weighted by Crippen LogP contribution is 2.24. The summed E-state index contributed by atoms with van der Waals surface area (Å²) >= 11 is 0. The summed E-state index contributed by atoms with van der Waals surface area (Å²) in [4.78, 5) is 10.3. The summed E-state index contributed by atoms with van der Waals surface area (Å²) in [5.41, 5.74) is 5.61. The zero-order valence-corrected chi connectivity index (χ0v) is 10.6. The second kappa shape index (κ2) is 6.32. The third kappa shape index (κ3) is 5.01. The molecule has 2 atom stereocenters. The molecule has 1 saturated carbocycles. The van der Waals surface area contributed by atoms with Crippen molar-refractivity contribution in [2.24, 2.45) is 11.7 Å². The summed E-state index contributed by atoms with van der Waals surface area (Å²) in [7, 11) is -3.51. The fourth-order valence-electron chi connectivity index (χ4n) is 2.16. The first-order valence-electron chi connectivity index (χ1n) is 5.86. The molecule has 0 bridgehead atoms. The van der Waals surface area contributed by atoms with E-state index in [-0.39, 0.29) is 24.1 Å². The van der Waals surface area contributed by atoms with Gasteiger partial charge in [-0.25, -0.2) is 13.1 Å². The number of aliphatic carboxylic acids is 1. The van der Waals surface area contributed by atoms with E-state index in [1.165, 1.54) is 0 Å². The molecule has 1 aliphatic carbocycles. The van der Waals surface area contributed by atoms with Crippen LogP contribution in [0.3, 0.4) is 0 Å². The van der Waals surface area contributed by atoms with E-state index in [9.17, 15) is 13.2 Å². The number of carboxylic acids is 1. The van der Waals surface area contributed by atoms with Crippen molar-refractivity contribution in [2.75, 3.05) is 12.3 Å². The van der Waals surface area contributed by atoms with Crippen LogP contribution in [0.2, 0.25) is 0 Å². The van der Waals surface area contributed by atoms with Crippen LogP contribution in [0, 0.1) is 5.92 Å². The van der Waals surface area contributed by atoms with Gasteiger partial charge in [0.15, 0.2) is 0 Å². The molecule has 7 heteroatoms. The first kappa shape index (κ1) is 14.4. The predicted octanol–water partition coefficient (Wildman–Crippen LogP) is -0.102. The van der Waals surface area contributed by atoms with Gasteiger partial charge in [-0.3, -0.25) is 4.79 Å². The SMILES string of the molecule is NCC1CCCCC1NS(=O)(=O)CCC(=O)O. The van der Waals surface area contributed by atoms with Crippen molar-refractivity contribution < 1.29 is 18.3 Å². The molecular formula is C10H20N2O4S. The molecule has 0 saturated heterocycles. The number of rotatable bonds is 6. The Bertz CT molecular complexity index is 355. The van der Waals surface area contributed by atoms with Gasteiger partial charge in [-0.1, -0.05) is 12.8 Å². The minimum Gasteiger partial charge on any atom is -0.481 e. The van der Waals surface area contributed by atoms with Crippen molar-refractivity contribution in [3.05, 3.63) is 0 Å². The van der Waals surface area contributed by atoms with Gasteiger partial charge in [0.05, 0.1) is 12.2 Å². The van der Waals surface area contributed by atoms with Gasteiger partial charge < -0.3 is 10.8 Å². The lowest BCUT2D eigenvalue weighted by Gasteiger charge is -2.30.